The first-order valence-corrected chi connectivity index (χ1v) is 7.95. The molecule has 116 valence electrons. The third-order valence-corrected chi connectivity index (χ3v) is 5.43. The zero-order valence-electron chi connectivity index (χ0n) is 13.6. The molecule has 2 rings (SSSR count). The van der Waals surface area contributed by atoms with Gasteiger partial charge in [0.15, 0.2) is 0 Å². The Balaban J connectivity index is 1.96. The van der Waals surface area contributed by atoms with Gasteiger partial charge < -0.3 is 5.32 Å². The van der Waals surface area contributed by atoms with E-state index in [4.69, 9.17) is 0 Å². The second-order valence-electron chi connectivity index (χ2n) is 7.28. The molecule has 0 saturated heterocycles. The third kappa shape index (κ3) is 3.42. The fourth-order valence-corrected chi connectivity index (χ4v) is 3.68. The van der Waals surface area contributed by atoms with Crippen LogP contribution in [0.1, 0.15) is 59.8 Å². The summed E-state index contributed by atoms with van der Waals surface area (Å²) in [7, 11) is 0. The molecule has 0 aliphatic heterocycles. The number of carbonyl (C=O) groups excluding carboxylic acids is 1. The quantitative estimate of drug-likeness (QED) is 0.913. The fourth-order valence-electron chi connectivity index (χ4n) is 3.68. The van der Waals surface area contributed by atoms with Gasteiger partial charge in [-0.3, -0.25) is 4.79 Å². The number of amides is 1. The van der Waals surface area contributed by atoms with E-state index >= 15 is 0 Å². The number of nitrogens with zero attached hydrogens (tertiary/aromatic N) is 2. The highest BCUT2D eigenvalue weighted by atomic mass is 16.1. The Kier molecular flexibility index (Phi) is 4.64. The first-order chi connectivity index (χ1) is 9.88. The van der Waals surface area contributed by atoms with Crippen molar-refractivity contribution in [1.82, 2.24) is 10.2 Å². The lowest BCUT2D eigenvalue weighted by atomic mass is 9.56. The van der Waals surface area contributed by atoms with E-state index < -0.39 is 0 Å². The number of hydrogen-bond donors (Lipinski definition) is 1. The Hall–Kier alpha value is -1.45. The van der Waals surface area contributed by atoms with E-state index in [1.54, 1.807) is 18.5 Å². The summed E-state index contributed by atoms with van der Waals surface area (Å²) in [5.41, 5.74) is 1.42. The molecular weight excluding hydrogens is 262 g/mol. The SMILES string of the molecule is CCC1(C(C)(C)C)CCC(C(=O)Nc2ccnnc2)CC1. The number of hydrogen-bond acceptors (Lipinski definition) is 3. The molecule has 0 radical (unpaired) electrons. The summed E-state index contributed by atoms with van der Waals surface area (Å²) in [6.45, 7) is 9.28. The van der Waals surface area contributed by atoms with Crippen molar-refractivity contribution in [3.63, 3.8) is 0 Å². The summed E-state index contributed by atoms with van der Waals surface area (Å²) in [6, 6.07) is 1.78. The standard InChI is InChI=1S/C17H27N3O/c1-5-17(16(2,3)4)9-6-13(7-10-17)15(21)20-14-8-11-18-19-12-14/h8,11-13H,5-7,9-10H2,1-4H3,(H,18,20,21). The third-order valence-electron chi connectivity index (χ3n) is 5.43. The van der Waals surface area contributed by atoms with Crippen molar-refractivity contribution in [3.8, 4) is 0 Å². The van der Waals surface area contributed by atoms with Gasteiger partial charge in [-0.25, -0.2) is 0 Å². The number of carbonyl (C=O) groups is 1. The zero-order chi connectivity index (χ0) is 15.5. The molecule has 0 atom stereocenters. The second kappa shape index (κ2) is 6.12. The van der Waals surface area contributed by atoms with E-state index in [0.29, 0.717) is 10.8 Å². The van der Waals surface area contributed by atoms with Gasteiger partial charge in [0.1, 0.15) is 0 Å². The monoisotopic (exact) mass is 289 g/mol. The summed E-state index contributed by atoms with van der Waals surface area (Å²) in [6.07, 6.45) is 8.62. The van der Waals surface area contributed by atoms with Gasteiger partial charge >= 0.3 is 0 Å². The van der Waals surface area contributed by atoms with E-state index in [1.165, 1.54) is 6.42 Å². The van der Waals surface area contributed by atoms with Crippen molar-refractivity contribution in [2.75, 3.05) is 5.32 Å². The Morgan fingerprint density at radius 2 is 2.00 bits per heavy atom. The van der Waals surface area contributed by atoms with Gasteiger partial charge in [-0.2, -0.15) is 10.2 Å². The zero-order valence-corrected chi connectivity index (χ0v) is 13.6. The number of anilines is 1. The molecule has 1 fully saturated rings. The van der Waals surface area contributed by atoms with Crippen LogP contribution in [0.15, 0.2) is 18.5 Å². The van der Waals surface area contributed by atoms with Crippen LogP contribution in [0.25, 0.3) is 0 Å². The molecule has 1 saturated carbocycles. The molecule has 1 aromatic heterocycles. The molecule has 1 heterocycles. The van der Waals surface area contributed by atoms with Gasteiger partial charge in [0.2, 0.25) is 5.91 Å². The Bertz CT molecular complexity index is 471. The van der Waals surface area contributed by atoms with Gasteiger partial charge in [0.25, 0.3) is 0 Å². The molecule has 21 heavy (non-hydrogen) atoms. The van der Waals surface area contributed by atoms with Crippen LogP contribution < -0.4 is 5.32 Å². The number of nitrogens with one attached hydrogen (secondary N) is 1. The fraction of sp³-hybridized carbons (Fsp3) is 0.706. The van der Waals surface area contributed by atoms with Gasteiger partial charge in [-0.1, -0.05) is 27.7 Å². The van der Waals surface area contributed by atoms with Crippen molar-refractivity contribution < 1.29 is 4.79 Å². The Morgan fingerprint density at radius 3 is 2.48 bits per heavy atom. The van der Waals surface area contributed by atoms with E-state index in [2.05, 4.69) is 43.2 Å². The van der Waals surface area contributed by atoms with Crippen molar-refractivity contribution in [2.45, 2.75) is 59.8 Å². The maximum atomic E-state index is 12.4. The molecule has 1 aliphatic rings. The summed E-state index contributed by atoms with van der Waals surface area (Å²) in [5, 5.41) is 10.5. The van der Waals surface area contributed by atoms with Crippen molar-refractivity contribution in [2.24, 2.45) is 16.7 Å². The molecule has 4 nitrogen and oxygen atoms in total. The second-order valence-corrected chi connectivity index (χ2v) is 7.28. The molecule has 0 bridgehead atoms. The van der Waals surface area contributed by atoms with Gasteiger partial charge in [0.05, 0.1) is 18.1 Å². The van der Waals surface area contributed by atoms with Gasteiger partial charge in [-0.05, 0) is 49.0 Å². The Labute approximate surface area is 127 Å². The molecule has 4 heteroatoms. The minimum atomic E-state index is 0.125. The van der Waals surface area contributed by atoms with Crippen LogP contribution in [0, 0.1) is 16.7 Å². The van der Waals surface area contributed by atoms with Crippen LogP contribution in [0.4, 0.5) is 5.69 Å². The largest absolute Gasteiger partial charge is 0.324 e. The maximum absolute atomic E-state index is 12.4. The van der Waals surface area contributed by atoms with E-state index in [1.807, 2.05) is 0 Å². The molecule has 1 N–H and O–H groups in total. The topological polar surface area (TPSA) is 54.9 Å². The van der Waals surface area contributed by atoms with Crippen LogP contribution in [0.3, 0.4) is 0 Å². The van der Waals surface area contributed by atoms with Crippen LogP contribution in [0.5, 0.6) is 0 Å². The molecule has 1 aromatic rings. The van der Waals surface area contributed by atoms with Gasteiger partial charge in [-0.15, -0.1) is 0 Å². The van der Waals surface area contributed by atoms with Crippen molar-refractivity contribution >= 4 is 11.6 Å². The molecular formula is C17H27N3O. The smallest absolute Gasteiger partial charge is 0.227 e. The first kappa shape index (κ1) is 15.9. The van der Waals surface area contributed by atoms with Crippen LogP contribution >= 0.6 is 0 Å². The van der Waals surface area contributed by atoms with E-state index in [9.17, 15) is 4.79 Å². The summed E-state index contributed by atoms with van der Waals surface area (Å²) in [5.74, 6) is 0.252. The van der Waals surface area contributed by atoms with Crippen molar-refractivity contribution in [3.05, 3.63) is 18.5 Å². The lowest BCUT2D eigenvalue weighted by Gasteiger charge is -2.48. The maximum Gasteiger partial charge on any atom is 0.227 e. The molecule has 0 unspecified atom stereocenters. The van der Waals surface area contributed by atoms with Crippen LogP contribution in [0.2, 0.25) is 0 Å². The lowest BCUT2D eigenvalue weighted by Crippen LogP contribution is -2.40. The highest BCUT2D eigenvalue weighted by molar-refractivity contribution is 5.92. The van der Waals surface area contributed by atoms with Crippen molar-refractivity contribution in [1.29, 1.82) is 0 Å². The molecule has 0 spiro atoms. The average Bonchev–Trinajstić information content (AvgIpc) is 2.47. The van der Waals surface area contributed by atoms with E-state index in [0.717, 1.165) is 31.4 Å². The summed E-state index contributed by atoms with van der Waals surface area (Å²) >= 11 is 0. The highest BCUT2D eigenvalue weighted by Gasteiger charge is 2.43. The minimum absolute atomic E-state index is 0.125. The average molecular weight is 289 g/mol. The van der Waals surface area contributed by atoms with E-state index in [-0.39, 0.29) is 11.8 Å². The van der Waals surface area contributed by atoms with Crippen LogP contribution in [-0.2, 0) is 4.79 Å². The molecule has 1 aliphatic carbocycles. The van der Waals surface area contributed by atoms with Crippen LogP contribution in [-0.4, -0.2) is 16.1 Å². The normalized spacial score (nSPS) is 26.4. The summed E-state index contributed by atoms with van der Waals surface area (Å²) in [4.78, 5) is 12.4. The Morgan fingerprint density at radius 1 is 1.33 bits per heavy atom. The highest BCUT2D eigenvalue weighted by Crippen LogP contribution is 2.53. The summed E-state index contributed by atoms with van der Waals surface area (Å²) < 4.78 is 0. The van der Waals surface area contributed by atoms with Gasteiger partial charge in [0, 0.05) is 5.92 Å². The lowest BCUT2D eigenvalue weighted by molar-refractivity contribution is -0.122. The number of aromatic nitrogens is 2. The predicted molar refractivity (Wildman–Crippen MR) is 84.8 cm³/mol. The molecule has 0 aromatic carbocycles. The number of rotatable bonds is 3. The first-order valence-electron chi connectivity index (χ1n) is 7.95. The predicted octanol–water partition coefficient (Wildman–Crippen LogP) is 4.05. The molecule has 1 amide bonds. The minimum Gasteiger partial charge on any atom is -0.324 e.